The fraction of sp³-hybridized carbons (Fsp3) is 0.750. The molecule has 0 unspecified atom stereocenters. The Morgan fingerprint density at radius 3 is 1.64 bits per heavy atom. The van der Waals surface area contributed by atoms with Crippen molar-refractivity contribution in [1.82, 2.24) is 0 Å². The van der Waals surface area contributed by atoms with Gasteiger partial charge in [0.05, 0.1) is 0 Å². The van der Waals surface area contributed by atoms with Crippen LogP contribution in [0.4, 0.5) is 0 Å². The molecular formula is C4H11O6P. The largest absolute Gasteiger partial charge is 0.481 e. The van der Waals surface area contributed by atoms with Crippen LogP contribution < -0.4 is 0 Å². The molecule has 0 spiro atoms. The van der Waals surface area contributed by atoms with Crippen molar-refractivity contribution in [3.05, 3.63) is 0 Å². The highest BCUT2D eigenvalue weighted by Gasteiger charge is 2.00. The van der Waals surface area contributed by atoms with Gasteiger partial charge in [-0.15, -0.1) is 0 Å². The Morgan fingerprint density at radius 1 is 1.36 bits per heavy atom. The summed E-state index contributed by atoms with van der Waals surface area (Å²) in [6.07, 6.45) is 1.02. The van der Waals surface area contributed by atoms with Crippen molar-refractivity contribution in [2.24, 2.45) is 0 Å². The van der Waals surface area contributed by atoms with Crippen LogP contribution in [0.25, 0.3) is 0 Å². The SMILES string of the molecule is CCCC(=O)O.O=P(O)(O)O. The number of aliphatic carboxylic acids is 1. The molecule has 6 nitrogen and oxygen atoms in total. The van der Waals surface area contributed by atoms with E-state index in [1.807, 2.05) is 6.92 Å². The molecule has 0 aromatic heterocycles. The number of carboxylic acids is 1. The van der Waals surface area contributed by atoms with Gasteiger partial charge in [-0.05, 0) is 6.42 Å². The highest BCUT2D eigenvalue weighted by molar-refractivity contribution is 7.45. The first-order valence-electron chi connectivity index (χ1n) is 2.77. The van der Waals surface area contributed by atoms with E-state index in [0.29, 0.717) is 6.42 Å². The van der Waals surface area contributed by atoms with Crippen molar-refractivity contribution < 1.29 is 29.1 Å². The lowest BCUT2D eigenvalue weighted by Gasteiger charge is -1.82. The van der Waals surface area contributed by atoms with Gasteiger partial charge in [-0.3, -0.25) is 4.79 Å². The summed E-state index contributed by atoms with van der Waals surface area (Å²) in [5.74, 6) is -0.711. The second-order valence-corrected chi connectivity index (χ2v) is 2.68. The second-order valence-electron chi connectivity index (χ2n) is 1.66. The van der Waals surface area contributed by atoms with Crippen molar-refractivity contribution >= 4 is 13.8 Å². The normalized spacial score (nSPS) is 9.82. The van der Waals surface area contributed by atoms with E-state index in [0.717, 1.165) is 6.42 Å². The lowest BCUT2D eigenvalue weighted by Crippen LogP contribution is -1.90. The summed E-state index contributed by atoms with van der Waals surface area (Å²) in [6.45, 7) is 1.84. The zero-order valence-corrected chi connectivity index (χ0v) is 6.86. The quantitative estimate of drug-likeness (QED) is 0.449. The maximum atomic E-state index is 9.60. The van der Waals surface area contributed by atoms with Gasteiger partial charge < -0.3 is 19.8 Å². The molecule has 0 aliphatic rings. The predicted octanol–water partition coefficient (Wildman–Crippen LogP) is -0.0575. The van der Waals surface area contributed by atoms with Gasteiger partial charge in [0.15, 0.2) is 0 Å². The van der Waals surface area contributed by atoms with Crippen LogP contribution in [-0.4, -0.2) is 25.8 Å². The molecule has 0 heterocycles. The maximum absolute atomic E-state index is 9.60. The smallest absolute Gasteiger partial charge is 0.466 e. The molecule has 0 saturated heterocycles. The number of hydrogen-bond donors (Lipinski definition) is 4. The molecule has 0 aromatic rings. The van der Waals surface area contributed by atoms with E-state index in [2.05, 4.69) is 0 Å². The van der Waals surface area contributed by atoms with Crippen LogP contribution in [0.1, 0.15) is 19.8 Å². The Morgan fingerprint density at radius 2 is 1.64 bits per heavy atom. The van der Waals surface area contributed by atoms with Crippen LogP contribution in [0.5, 0.6) is 0 Å². The van der Waals surface area contributed by atoms with Crippen molar-refractivity contribution in [3.63, 3.8) is 0 Å². The first-order valence-corrected chi connectivity index (χ1v) is 4.34. The molecule has 0 atom stereocenters. The van der Waals surface area contributed by atoms with E-state index in [-0.39, 0.29) is 0 Å². The van der Waals surface area contributed by atoms with Crippen LogP contribution in [0, 0.1) is 0 Å². The van der Waals surface area contributed by atoms with Crippen molar-refractivity contribution in [2.45, 2.75) is 19.8 Å². The number of carbonyl (C=O) groups is 1. The zero-order valence-electron chi connectivity index (χ0n) is 5.97. The predicted molar refractivity (Wildman–Crippen MR) is 36.8 cm³/mol. The van der Waals surface area contributed by atoms with Crippen LogP contribution in [0.2, 0.25) is 0 Å². The maximum Gasteiger partial charge on any atom is 0.466 e. The zero-order chi connectivity index (χ0) is 9.49. The molecule has 0 aromatic carbocycles. The van der Waals surface area contributed by atoms with E-state index in [4.69, 9.17) is 24.4 Å². The molecule has 0 aliphatic carbocycles. The Bertz CT molecular complexity index is 140. The third-order valence-corrected chi connectivity index (χ3v) is 0.464. The molecule has 0 radical (unpaired) electrons. The lowest BCUT2D eigenvalue weighted by atomic mass is 10.4. The third kappa shape index (κ3) is 82.7. The van der Waals surface area contributed by atoms with Crippen molar-refractivity contribution in [2.75, 3.05) is 0 Å². The molecule has 0 amide bonds. The molecule has 0 aliphatic heterocycles. The molecular weight excluding hydrogens is 175 g/mol. The monoisotopic (exact) mass is 186 g/mol. The second kappa shape index (κ2) is 6.30. The van der Waals surface area contributed by atoms with Gasteiger partial charge in [-0.1, -0.05) is 6.92 Å². The van der Waals surface area contributed by atoms with E-state index in [1.165, 1.54) is 0 Å². The van der Waals surface area contributed by atoms with E-state index in [9.17, 15) is 4.79 Å². The van der Waals surface area contributed by atoms with Crippen LogP contribution >= 0.6 is 7.82 Å². The van der Waals surface area contributed by atoms with Crippen LogP contribution in [-0.2, 0) is 9.36 Å². The molecule has 11 heavy (non-hydrogen) atoms. The van der Waals surface area contributed by atoms with Gasteiger partial charge in [0.1, 0.15) is 0 Å². The summed E-state index contributed by atoms with van der Waals surface area (Å²) in [5.41, 5.74) is 0. The number of hydrogen-bond acceptors (Lipinski definition) is 2. The summed E-state index contributed by atoms with van der Waals surface area (Å²) in [6, 6.07) is 0. The molecule has 0 saturated carbocycles. The first-order chi connectivity index (χ1) is 4.77. The molecule has 4 N–H and O–H groups in total. The Balaban J connectivity index is 0. The minimum absolute atomic E-state index is 0.292. The van der Waals surface area contributed by atoms with Gasteiger partial charge in [0, 0.05) is 6.42 Å². The van der Waals surface area contributed by atoms with Crippen LogP contribution in [0.3, 0.4) is 0 Å². The van der Waals surface area contributed by atoms with Crippen molar-refractivity contribution in [3.8, 4) is 0 Å². The highest BCUT2D eigenvalue weighted by atomic mass is 31.2. The molecule has 0 rings (SSSR count). The van der Waals surface area contributed by atoms with Gasteiger partial charge in [0.25, 0.3) is 0 Å². The molecule has 68 valence electrons. The summed E-state index contributed by atoms with van der Waals surface area (Å²) < 4.78 is 8.88. The Kier molecular flexibility index (Phi) is 7.55. The average molecular weight is 186 g/mol. The fourth-order valence-corrected chi connectivity index (χ4v) is 0.214. The molecule has 0 bridgehead atoms. The van der Waals surface area contributed by atoms with Gasteiger partial charge in [-0.2, -0.15) is 0 Å². The van der Waals surface area contributed by atoms with Gasteiger partial charge >= 0.3 is 13.8 Å². The lowest BCUT2D eigenvalue weighted by molar-refractivity contribution is -0.137. The molecule has 0 fully saturated rings. The summed E-state index contributed by atoms with van der Waals surface area (Å²) >= 11 is 0. The standard InChI is InChI=1S/C4H8O2.H3O4P/c1-2-3-4(5)6;1-5(2,3)4/h2-3H2,1H3,(H,5,6);(H3,1,2,3,4). The first kappa shape index (κ1) is 13.2. The Labute approximate surface area is 63.7 Å². The van der Waals surface area contributed by atoms with Gasteiger partial charge in [-0.25, -0.2) is 4.57 Å². The topological polar surface area (TPSA) is 115 Å². The van der Waals surface area contributed by atoms with Crippen LogP contribution in [0.15, 0.2) is 0 Å². The molecule has 7 heteroatoms. The average Bonchev–Trinajstić information content (AvgIpc) is 1.58. The minimum atomic E-state index is -4.64. The highest BCUT2D eigenvalue weighted by Crippen LogP contribution is 2.25. The number of carboxylic acid groups (broad SMARTS) is 1. The summed E-state index contributed by atoms with van der Waals surface area (Å²) in [5, 5.41) is 7.91. The summed E-state index contributed by atoms with van der Waals surface area (Å²) in [4.78, 5) is 31.2. The van der Waals surface area contributed by atoms with Crippen molar-refractivity contribution in [1.29, 1.82) is 0 Å². The van der Waals surface area contributed by atoms with E-state index in [1.54, 1.807) is 0 Å². The van der Waals surface area contributed by atoms with E-state index < -0.39 is 13.8 Å². The minimum Gasteiger partial charge on any atom is -0.481 e. The Hall–Kier alpha value is -0.420. The summed E-state index contributed by atoms with van der Waals surface area (Å²) in [7, 11) is -4.64. The van der Waals surface area contributed by atoms with E-state index >= 15 is 0 Å². The fourth-order valence-electron chi connectivity index (χ4n) is 0.214. The third-order valence-electron chi connectivity index (χ3n) is 0.464. The van der Waals surface area contributed by atoms with Gasteiger partial charge in [0.2, 0.25) is 0 Å². The number of phosphoric acid groups is 1. The number of rotatable bonds is 2.